The summed E-state index contributed by atoms with van der Waals surface area (Å²) in [4.78, 5) is 0. The van der Waals surface area contributed by atoms with Gasteiger partial charge in [-0.05, 0) is 20.3 Å². The highest BCUT2D eigenvalue weighted by Gasteiger charge is 2.46. The van der Waals surface area contributed by atoms with E-state index < -0.39 is 0 Å². The lowest BCUT2D eigenvalue weighted by atomic mass is 10.2. The van der Waals surface area contributed by atoms with Crippen LogP contribution >= 0.6 is 0 Å². The second kappa shape index (κ2) is 2.57. The van der Waals surface area contributed by atoms with Crippen LogP contribution in [-0.2, 0) is 9.47 Å². The third-order valence-corrected chi connectivity index (χ3v) is 2.84. The molecule has 1 aliphatic carbocycles. The number of rotatable bonds is 0. The highest BCUT2D eigenvalue weighted by Crippen LogP contribution is 2.43. The molecule has 2 rings (SSSR count). The van der Waals surface area contributed by atoms with Crippen LogP contribution in [0.2, 0.25) is 0 Å². The van der Waals surface area contributed by atoms with Crippen molar-refractivity contribution in [3.8, 4) is 0 Å². The first-order valence-electron chi connectivity index (χ1n) is 4.64. The predicted molar refractivity (Wildman–Crippen MR) is 46.8 cm³/mol. The molecule has 1 saturated carbocycles. The van der Waals surface area contributed by atoms with Crippen LogP contribution in [0.1, 0.15) is 33.1 Å². The summed E-state index contributed by atoms with van der Waals surface area (Å²) in [7, 11) is 0. The monoisotopic (exact) mass is 168 g/mol. The molecule has 0 amide bonds. The van der Waals surface area contributed by atoms with Crippen molar-refractivity contribution in [1.82, 2.24) is 0 Å². The summed E-state index contributed by atoms with van der Waals surface area (Å²) < 4.78 is 11.6. The van der Waals surface area contributed by atoms with E-state index in [1.807, 2.05) is 0 Å². The molecule has 1 saturated heterocycles. The van der Waals surface area contributed by atoms with Gasteiger partial charge in [0.1, 0.15) is 0 Å². The Morgan fingerprint density at radius 2 is 1.92 bits per heavy atom. The third-order valence-electron chi connectivity index (χ3n) is 2.84. The molecule has 2 aliphatic rings. The van der Waals surface area contributed by atoms with Gasteiger partial charge in [0.05, 0.1) is 12.2 Å². The fourth-order valence-corrected chi connectivity index (χ4v) is 2.02. The molecule has 2 nitrogen and oxygen atoms in total. The van der Waals surface area contributed by atoms with Gasteiger partial charge in [0.25, 0.3) is 0 Å². The van der Waals surface area contributed by atoms with E-state index in [2.05, 4.69) is 20.4 Å². The van der Waals surface area contributed by atoms with E-state index in [0.29, 0.717) is 0 Å². The predicted octanol–water partition coefficient (Wildman–Crippen LogP) is 2.25. The van der Waals surface area contributed by atoms with Crippen LogP contribution in [0, 0.1) is 0 Å². The first-order valence-corrected chi connectivity index (χ1v) is 4.64. The van der Waals surface area contributed by atoms with Crippen molar-refractivity contribution >= 4 is 0 Å². The number of ether oxygens (including phenoxy) is 2. The Hall–Kier alpha value is -0.340. The summed E-state index contributed by atoms with van der Waals surface area (Å²) in [6.07, 6.45) is 3.40. The lowest BCUT2D eigenvalue weighted by Crippen LogP contribution is -2.26. The topological polar surface area (TPSA) is 18.5 Å². The average Bonchev–Trinajstić information content (AvgIpc) is 2.42. The van der Waals surface area contributed by atoms with E-state index in [1.54, 1.807) is 0 Å². The van der Waals surface area contributed by atoms with Gasteiger partial charge < -0.3 is 9.47 Å². The molecule has 0 aromatic rings. The van der Waals surface area contributed by atoms with E-state index in [4.69, 9.17) is 9.47 Å². The van der Waals surface area contributed by atoms with Crippen LogP contribution in [0.5, 0.6) is 0 Å². The molecule has 0 bridgehead atoms. The van der Waals surface area contributed by atoms with Crippen LogP contribution in [0.15, 0.2) is 12.2 Å². The molecule has 0 radical (unpaired) electrons. The summed E-state index contributed by atoms with van der Waals surface area (Å²) in [6.45, 7) is 8.10. The highest BCUT2D eigenvalue weighted by molar-refractivity contribution is 5.08. The number of hydrogen-bond donors (Lipinski definition) is 0. The van der Waals surface area contributed by atoms with E-state index in [1.165, 1.54) is 5.57 Å². The minimum Gasteiger partial charge on any atom is -0.344 e. The SMILES string of the molecule is C=C1CCC2(C1)O[C@H](C)[C@@H](C)O2. The fourth-order valence-electron chi connectivity index (χ4n) is 2.02. The molecule has 1 aliphatic heterocycles. The Morgan fingerprint density at radius 1 is 1.33 bits per heavy atom. The Labute approximate surface area is 73.5 Å². The minimum absolute atomic E-state index is 0.232. The molecule has 0 unspecified atom stereocenters. The van der Waals surface area contributed by atoms with Crippen molar-refractivity contribution < 1.29 is 9.47 Å². The van der Waals surface area contributed by atoms with Gasteiger partial charge in [-0.3, -0.25) is 0 Å². The maximum atomic E-state index is 5.81. The van der Waals surface area contributed by atoms with E-state index in [9.17, 15) is 0 Å². The molecule has 1 spiro atoms. The van der Waals surface area contributed by atoms with Crippen LogP contribution in [0.4, 0.5) is 0 Å². The molecule has 12 heavy (non-hydrogen) atoms. The van der Waals surface area contributed by atoms with E-state index in [0.717, 1.165) is 19.3 Å². The standard InChI is InChI=1S/C10H16O2/c1-7-4-5-10(6-7)11-8(2)9(3)12-10/h8-9H,1,4-6H2,2-3H3/t8-,9-/m1/s1. The summed E-state index contributed by atoms with van der Waals surface area (Å²) in [5, 5.41) is 0. The smallest absolute Gasteiger partial charge is 0.173 e. The maximum Gasteiger partial charge on any atom is 0.173 e. The van der Waals surface area contributed by atoms with Gasteiger partial charge in [-0.15, -0.1) is 0 Å². The second-order valence-electron chi connectivity index (χ2n) is 3.98. The molecule has 2 atom stereocenters. The third kappa shape index (κ3) is 1.19. The van der Waals surface area contributed by atoms with Gasteiger partial charge in [0.15, 0.2) is 5.79 Å². The molecule has 1 heterocycles. The Morgan fingerprint density at radius 3 is 2.33 bits per heavy atom. The zero-order valence-electron chi connectivity index (χ0n) is 7.80. The van der Waals surface area contributed by atoms with Crippen molar-refractivity contribution in [1.29, 1.82) is 0 Å². The van der Waals surface area contributed by atoms with Crippen molar-refractivity contribution in [2.24, 2.45) is 0 Å². The zero-order chi connectivity index (χ0) is 8.77. The van der Waals surface area contributed by atoms with Crippen molar-refractivity contribution in [2.75, 3.05) is 0 Å². The summed E-state index contributed by atoms with van der Waals surface area (Å²) in [6, 6.07) is 0. The molecule has 2 heteroatoms. The highest BCUT2D eigenvalue weighted by atomic mass is 16.8. The normalized spacial score (nSPS) is 39.7. The maximum absolute atomic E-state index is 5.81. The molecule has 0 aromatic heterocycles. The lowest BCUT2D eigenvalue weighted by molar-refractivity contribution is -0.164. The summed E-state index contributed by atoms with van der Waals surface area (Å²) in [5.41, 5.74) is 1.26. The Balaban J connectivity index is 2.10. The van der Waals surface area contributed by atoms with E-state index in [-0.39, 0.29) is 18.0 Å². The van der Waals surface area contributed by atoms with Crippen LogP contribution < -0.4 is 0 Å². The summed E-state index contributed by atoms with van der Waals surface area (Å²) in [5.74, 6) is -0.296. The second-order valence-corrected chi connectivity index (χ2v) is 3.98. The number of hydrogen-bond acceptors (Lipinski definition) is 2. The largest absolute Gasteiger partial charge is 0.344 e. The van der Waals surface area contributed by atoms with Gasteiger partial charge in [-0.2, -0.15) is 0 Å². The van der Waals surface area contributed by atoms with Crippen molar-refractivity contribution in [2.45, 2.75) is 51.1 Å². The quantitative estimate of drug-likeness (QED) is 0.516. The van der Waals surface area contributed by atoms with Crippen LogP contribution in [-0.4, -0.2) is 18.0 Å². The van der Waals surface area contributed by atoms with Crippen molar-refractivity contribution in [3.63, 3.8) is 0 Å². The molecule has 2 fully saturated rings. The zero-order valence-corrected chi connectivity index (χ0v) is 7.80. The Kier molecular flexibility index (Phi) is 1.77. The minimum atomic E-state index is -0.296. The molecular formula is C10H16O2. The average molecular weight is 168 g/mol. The molecule has 0 N–H and O–H groups in total. The van der Waals surface area contributed by atoms with Crippen molar-refractivity contribution in [3.05, 3.63) is 12.2 Å². The van der Waals surface area contributed by atoms with Gasteiger partial charge in [0.2, 0.25) is 0 Å². The van der Waals surface area contributed by atoms with Gasteiger partial charge >= 0.3 is 0 Å². The lowest BCUT2D eigenvalue weighted by Gasteiger charge is -2.21. The summed E-state index contributed by atoms with van der Waals surface area (Å²) >= 11 is 0. The Bertz CT molecular complexity index is 200. The molecular weight excluding hydrogens is 152 g/mol. The van der Waals surface area contributed by atoms with Gasteiger partial charge in [0, 0.05) is 12.8 Å². The van der Waals surface area contributed by atoms with Gasteiger partial charge in [-0.25, -0.2) is 0 Å². The van der Waals surface area contributed by atoms with Crippen LogP contribution in [0.25, 0.3) is 0 Å². The fraction of sp³-hybridized carbons (Fsp3) is 0.800. The molecule has 68 valence electrons. The van der Waals surface area contributed by atoms with E-state index >= 15 is 0 Å². The first kappa shape index (κ1) is 8.27. The van der Waals surface area contributed by atoms with Crippen LogP contribution in [0.3, 0.4) is 0 Å². The first-order chi connectivity index (χ1) is 5.61. The molecule has 0 aromatic carbocycles. The van der Waals surface area contributed by atoms with Gasteiger partial charge in [-0.1, -0.05) is 12.2 Å².